The van der Waals surface area contributed by atoms with Gasteiger partial charge in [-0.3, -0.25) is 10.0 Å². The van der Waals surface area contributed by atoms with Gasteiger partial charge in [-0.2, -0.15) is 23.5 Å². The molecule has 2 saturated heterocycles. The highest BCUT2D eigenvalue weighted by molar-refractivity contribution is 7.99. The number of hydrogen-bond donors (Lipinski definition) is 2. The van der Waals surface area contributed by atoms with Gasteiger partial charge in [-0.15, -0.1) is 0 Å². The van der Waals surface area contributed by atoms with Gasteiger partial charge < -0.3 is 4.74 Å². The van der Waals surface area contributed by atoms with Crippen molar-refractivity contribution in [3.05, 3.63) is 0 Å². The molecule has 28 heavy (non-hydrogen) atoms. The van der Waals surface area contributed by atoms with Gasteiger partial charge in [0.05, 0.1) is 12.2 Å². The molecule has 0 aromatic rings. The molecular weight excluding hydrogens is 390 g/mol. The molecule has 162 valence electrons. The second-order valence-electron chi connectivity index (χ2n) is 9.06. The van der Waals surface area contributed by atoms with Crippen LogP contribution in [-0.2, 0) is 9.53 Å². The molecule has 2 aliphatic heterocycles. The first kappa shape index (κ1) is 22.8. The molecule has 1 aliphatic carbocycles. The summed E-state index contributed by atoms with van der Waals surface area (Å²) in [5.74, 6) is 6.08. The Balaban J connectivity index is 1.33. The van der Waals surface area contributed by atoms with Crippen LogP contribution < -0.4 is 5.48 Å². The first-order valence-corrected chi connectivity index (χ1v) is 13.7. The fourth-order valence-electron chi connectivity index (χ4n) is 5.29. The first-order valence-electron chi connectivity index (χ1n) is 11.4. The Morgan fingerprint density at radius 3 is 2.61 bits per heavy atom. The number of fused-ring (bicyclic) bond motifs is 2. The minimum atomic E-state index is -0.274. The summed E-state index contributed by atoms with van der Waals surface area (Å²) < 4.78 is 6.30. The Morgan fingerprint density at radius 1 is 1.11 bits per heavy atom. The van der Waals surface area contributed by atoms with Gasteiger partial charge in [-0.25, -0.2) is 5.48 Å². The lowest BCUT2D eigenvalue weighted by Gasteiger charge is -2.29. The molecule has 4 nitrogen and oxygen atoms in total. The number of carbonyl (C=O) groups excluding carboxylic acids is 1. The maximum atomic E-state index is 11.1. The quantitative estimate of drug-likeness (QED) is 0.251. The number of thioether (sulfide) groups is 2. The van der Waals surface area contributed by atoms with Crippen LogP contribution in [-0.4, -0.2) is 45.8 Å². The predicted molar refractivity (Wildman–Crippen MR) is 119 cm³/mol. The van der Waals surface area contributed by atoms with Crippen molar-refractivity contribution in [2.24, 2.45) is 17.8 Å². The van der Waals surface area contributed by atoms with Crippen LogP contribution in [0.25, 0.3) is 0 Å². The molecule has 2 bridgehead atoms. The summed E-state index contributed by atoms with van der Waals surface area (Å²) in [6.45, 7) is 2.27. The number of nitrogens with one attached hydrogen (secondary N) is 1. The van der Waals surface area contributed by atoms with Crippen molar-refractivity contribution in [3.63, 3.8) is 0 Å². The second-order valence-corrected chi connectivity index (χ2v) is 11.7. The average Bonchev–Trinajstić information content (AvgIpc) is 3.32. The molecule has 3 aliphatic rings. The first-order chi connectivity index (χ1) is 13.7. The summed E-state index contributed by atoms with van der Waals surface area (Å²) in [5.41, 5.74) is 1.72. The van der Waals surface area contributed by atoms with Gasteiger partial charge in [0.25, 0.3) is 0 Å². The number of rotatable bonds is 12. The Kier molecular flexibility index (Phi) is 9.81. The summed E-state index contributed by atoms with van der Waals surface area (Å²) in [7, 11) is 0. The lowest BCUT2D eigenvalue weighted by molar-refractivity contribution is -0.129. The molecule has 0 radical (unpaired) electrons. The Hall–Kier alpha value is 0.0900. The van der Waals surface area contributed by atoms with Crippen LogP contribution in [0.1, 0.15) is 77.6 Å². The highest BCUT2D eigenvalue weighted by Gasteiger charge is 2.48. The molecule has 0 aromatic carbocycles. The maximum absolute atomic E-state index is 11.1. The predicted octanol–water partition coefficient (Wildman–Crippen LogP) is 5.28. The Morgan fingerprint density at radius 2 is 1.86 bits per heavy atom. The van der Waals surface area contributed by atoms with E-state index in [4.69, 9.17) is 9.94 Å². The van der Waals surface area contributed by atoms with E-state index in [2.05, 4.69) is 30.4 Å². The van der Waals surface area contributed by atoms with E-state index in [1.54, 1.807) is 5.48 Å². The van der Waals surface area contributed by atoms with Crippen LogP contribution in [0.2, 0.25) is 0 Å². The maximum Gasteiger partial charge on any atom is 0.243 e. The third kappa shape index (κ3) is 6.82. The summed E-state index contributed by atoms with van der Waals surface area (Å²) in [5, 5.41) is 9.14. The minimum absolute atomic E-state index is 0.274. The third-order valence-corrected chi connectivity index (χ3v) is 9.59. The van der Waals surface area contributed by atoms with Crippen LogP contribution in [0.15, 0.2) is 0 Å². The van der Waals surface area contributed by atoms with Crippen molar-refractivity contribution >= 4 is 29.4 Å². The van der Waals surface area contributed by atoms with Crippen LogP contribution in [0, 0.1) is 17.8 Å². The number of amides is 1. The second kappa shape index (κ2) is 12.1. The molecule has 5 unspecified atom stereocenters. The van der Waals surface area contributed by atoms with Crippen molar-refractivity contribution in [3.8, 4) is 0 Å². The fraction of sp³-hybridized carbons (Fsp3) is 0.955. The van der Waals surface area contributed by atoms with Gasteiger partial charge in [0.15, 0.2) is 0 Å². The zero-order valence-corrected chi connectivity index (χ0v) is 19.1. The molecule has 6 heteroatoms. The van der Waals surface area contributed by atoms with Crippen molar-refractivity contribution in [1.82, 2.24) is 5.48 Å². The van der Waals surface area contributed by atoms with Crippen LogP contribution in [0.5, 0.6) is 0 Å². The van der Waals surface area contributed by atoms with E-state index in [9.17, 15) is 4.79 Å². The molecule has 3 fully saturated rings. The number of hydrogen-bond acceptors (Lipinski definition) is 5. The van der Waals surface area contributed by atoms with E-state index in [1.165, 1.54) is 68.6 Å². The molecular formula is C22H39NO3S2. The number of carbonyl (C=O) groups is 1. The van der Waals surface area contributed by atoms with E-state index < -0.39 is 0 Å². The van der Waals surface area contributed by atoms with Gasteiger partial charge >= 0.3 is 0 Å². The van der Waals surface area contributed by atoms with Crippen molar-refractivity contribution in [2.75, 3.05) is 17.3 Å². The monoisotopic (exact) mass is 429 g/mol. The third-order valence-electron chi connectivity index (χ3n) is 6.98. The van der Waals surface area contributed by atoms with E-state index in [0.717, 1.165) is 30.6 Å². The molecule has 1 saturated carbocycles. The summed E-state index contributed by atoms with van der Waals surface area (Å²) in [4.78, 5) is 11.1. The lowest BCUT2D eigenvalue weighted by Crippen LogP contribution is -2.30. The van der Waals surface area contributed by atoms with Crippen molar-refractivity contribution in [1.29, 1.82) is 0 Å². The minimum Gasteiger partial charge on any atom is -0.374 e. The zero-order valence-electron chi connectivity index (χ0n) is 17.4. The summed E-state index contributed by atoms with van der Waals surface area (Å²) >= 11 is 4.25. The standard InChI is InChI=1S/C22H39NO3S2/c1-16(6-5-9-22(24)23-25)28-15-19-18(20-10-11-21(19)26-20)12-13-27-14-17-7-3-2-4-8-17/h16-21,25H,2-15H2,1H3,(H,23,24). The smallest absolute Gasteiger partial charge is 0.243 e. The average molecular weight is 430 g/mol. The molecule has 1 amide bonds. The largest absolute Gasteiger partial charge is 0.374 e. The van der Waals surface area contributed by atoms with Gasteiger partial charge in [0.1, 0.15) is 0 Å². The van der Waals surface area contributed by atoms with E-state index in [-0.39, 0.29) is 5.91 Å². The lowest BCUT2D eigenvalue weighted by atomic mass is 9.79. The van der Waals surface area contributed by atoms with Gasteiger partial charge in [0.2, 0.25) is 5.91 Å². The SMILES string of the molecule is CC(CCCC(=O)NO)SCC1C2CCC(O2)C1CCSCC1CCCCC1. The molecule has 0 aromatic heterocycles. The highest BCUT2D eigenvalue weighted by Crippen LogP contribution is 2.47. The van der Waals surface area contributed by atoms with E-state index in [1.807, 2.05) is 0 Å². The van der Waals surface area contributed by atoms with Crippen LogP contribution >= 0.6 is 23.5 Å². The van der Waals surface area contributed by atoms with E-state index in [0.29, 0.717) is 23.9 Å². The van der Waals surface area contributed by atoms with Gasteiger partial charge in [-0.1, -0.05) is 26.2 Å². The van der Waals surface area contributed by atoms with Gasteiger partial charge in [0, 0.05) is 11.7 Å². The number of ether oxygens (including phenoxy) is 1. The fourth-order valence-corrected chi connectivity index (χ4v) is 7.91. The summed E-state index contributed by atoms with van der Waals surface area (Å²) in [6, 6.07) is 0. The molecule has 0 spiro atoms. The molecule has 2 N–H and O–H groups in total. The number of hydroxylamine groups is 1. The van der Waals surface area contributed by atoms with Crippen LogP contribution in [0.3, 0.4) is 0 Å². The Bertz CT molecular complexity index is 473. The summed E-state index contributed by atoms with van der Waals surface area (Å²) in [6.07, 6.45) is 14.4. The van der Waals surface area contributed by atoms with E-state index >= 15 is 0 Å². The normalized spacial score (nSPS) is 31.2. The molecule has 5 atom stereocenters. The van der Waals surface area contributed by atoms with Crippen molar-refractivity contribution in [2.45, 2.75) is 95.0 Å². The van der Waals surface area contributed by atoms with Crippen LogP contribution in [0.4, 0.5) is 0 Å². The highest BCUT2D eigenvalue weighted by atomic mass is 32.2. The van der Waals surface area contributed by atoms with Crippen molar-refractivity contribution < 1.29 is 14.7 Å². The Labute approximate surface area is 179 Å². The topological polar surface area (TPSA) is 58.6 Å². The van der Waals surface area contributed by atoms with Gasteiger partial charge in [-0.05, 0) is 80.0 Å². The molecule has 3 rings (SSSR count). The zero-order chi connectivity index (χ0) is 19.8. The molecule has 2 heterocycles.